The molecule has 120 valence electrons. The Morgan fingerprint density at radius 2 is 1.83 bits per heavy atom. The molecule has 0 bridgehead atoms. The molecule has 1 aliphatic carbocycles. The van der Waals surface area contributed by atoms with E-state index in [1.54, 1.807) is 12.1 Å². The van der Waals surface area contributed by atoms with E-state index in [9.17, 15) is 4.39 Å². The molecular formula is C20H23FN2. The highest BCUT2D eigenvalue weighted by atomic mass is 19.1. The van der Waals surface area contributed by atoms with Gasteiger partial charge in [-0.2, -0.15) is 0 Å². The first-order valence-corrected chi connectivity index (χ1v) is 8.49. The van der Waals surface area contributed by atoms with E-state index in [0.717, 1.165) is 12.2 Å². The first-order chi connectivity index (χ1) is 11.2. The molecule has 3 heteroatoms. The highest BCUT2D eigenvalue weighted by molar-refractivity contribution is 5.62. The van der Waals surface area contributed by atoms with Crippen molar-refractivity contribution in [2.24, 2.45) is 0 Å². The molecule has 1 saturated carbocycles. The van der Waals surface area contributed by atoms with Gasteiger partial charge in [-0.05, 0) is 55.5 Å². The minimum atomic E-state index is -0.132. The number of nitrogens with one attached hydrogen (secondary N) is 1. The molecule has 1 spiro atoms. The molecule has 1 heterocycles. The number of rotatable bonds is 2. The molecule has 0 amide bonds. The molecule has 1 aliphatic heterocycles. The van der Waals surface area contributed by atoms with E-state index >= 15 is 0 Å². The Hall–Kier alpha value is -2.03. The molecule has 2 aromatic rings. The number of para-hydroxylation sites is 1. The third-order valence-corrected chi connectivity index (χ3v) is 5.57. The van der Waals surface area contributed by atoms with Gasteiger partial charge in [-0.1, -0.05) is 24.3 Å². The van der Waals surface area contributed by atoms with E-state index < -0.39 is 0 Å². The predicted octanol–water partition coefficient (Wildman–Crippen LogP) is 4.57. The van der Waals surface area contributed by atoms with Gasteiger partial charge < -0.3 is 10.2 Å². The molecule has 0 aromatic heterocycles. The predicted molar refractivity (Wildman–Crippen MR) is 93.7 cm³/mol. The van der Waals surface area contributed by atoms with E-state index in [4.69, 9.17) is 0 Å². The van der Waals surface area contributed by atoms with Gasteiger partial charge in [0.15, 0.2) is 0 Å². The van der Waals surface area contributed by atoms with Gasteiger partial charge in [0, 0.05) is 36.4 Å². The Morgan fingerprint density at radius 3 is 2.57 bits per heavy atom. The molecule has 1 N–H and O–H groups in total. The number of anilines is 2. The topological polar surface area (TPSA) is 15.3 Å². The number of hydrogen-bond donors (Lipinski definition) is 1. The SMILES string of the molecule is CN1CC2(CCC(Nc3ccccc3)CC2)c2ccc(F)cc21. The zero-order valence-electron chi connectivity index (χ0n) is 13.6. The van der Waals surface area contributed by atoms with Crippen LogP contribution in [0.15, 0.2) is 48.5 Å². The summed E-state index contributed by atoms with van der Waals surface area (Å²) < 4.78 is 13.6. The minimum absolute atomic E-state index is 0.132. The average molecular weight is 310 g/mol. The summed E-state index contributed by atoms with van der Waals surface area (Å²) in [4.78, 5) is 2.23. The third kappa shape index (κ3) is 2.58. The Labute approximate surface area is 137 Å². The summed E-state index contributed by atoms with van der Waals surface area (Å²) in [7, 11) is 2.08. The van der Waals surface area contributed by atoms with E-state index in [-0.39, 0.29) is 11.2 Å². The lowest BCUT2D eigenvalue weighted by Gasteiger charge is -2.38. The largest absolute Gasteiger partial charge is 0.382 e. The van der Waals surface area contributed by atoms with Crippen LogP contribution in [-0.2, 0) is 5.41 Å². The molecule has 0 atom stereocenters. The van der Waals surface area contributed by atoms with Crippen molar-refractivity contribution < 1.29 is 4.39 Å². The summed E-state index contributed by atoms with van der Waals surface area (Å²) >= 11 is 0. The van der Waals surface area contributed by atoms with E-state index in [0.29, 0.717) is 6.04 Å². The number of benzene rings is 2. The lowest BCUT2D eigenvalue weighted by molar-refractivity contribution is 0.296. The average Bonchev–Trinajstić information content (AvgIpc) is 2.83. The summed E-state index contributed by atoms with van der Waals surface area (Å²) in [5.74, 6) is -0.132. The lowest BCUT2D eigenvalue weighted by atomic mass is 9.69. The van der Waals surface area contributed by atoms with Gasteiger partial charge in [0.25, 0.3) is 0 Å². The molecule has 0 radical (unpaired) electrons. The summed E-state index contributed by atoms with van der Waals surface area (Å²) in [5.41, 5.74) is 3.85. The fourth-order valence-electron chi connectivity index (χ4n) is 4.41. The van der Waals surface area contributed by atoms with Crippen molar-refractivity contribution >= 4 is 11.4 Å². The maximum Gasteiger partial charge on any atom is 0.125 e. The van der Waals surface area contributed by atoms with Gasteiger partial charge >= 0.3 is 0 Å². The van der Waals surface area contributed by atoms with Crippen molar-refractivity contribution in [1.82, 2.24) is 0 Å². The fraction of sp³-hybridized carbons (Fsp3) is 0.400. The molecule has 0 unspecified atom stereocenters. The molecule has 2 nitrogen and oxygen atoms in total. The van der Waals surface area contributed by atoms with E-state index in [1.165, 1.54) is 36.9 Å². The molecule has 23 heavy (non-hydrogen) atoms. The molecule has 0 saturated heterocycles. The number of hydrogen-bond acceptors (Lipinski definition) is 2. The minimum Gasteiger partial charge on any atom is -0.382 e. The first kappa shape index (κ1) is 14.6. The van der Waals surface area contributed by atoms with Crippen LogP contribution in [0.5, 0.6) is 0 Å². The second kappa shape index (κ2) is 5.55. The Balaban J connectivity index is 1.50. The van der Waals surface area contributed by atoms with Crippen molar-refractivity contribution in [3.63, 3.8) is 0 Å². The normalized spacial score (nSPS) is 26.3. The summed E-state index contributed by atoms with van der Waals surface area (Å²) in [6, 6.07) is 16.3. The van der Waals surface area contributed by atoms with Gasteiger partial charge in [0.1, 0.15) is 5.82 Å². The lowest BCUT2D eigenvalue weighted by Crippen LogP contribution is -2.39. The standard InChI is InChI=1S/C20H23FN2/c1-23-14-20(18-8-7-15(21)13-19(18)23)11-9-17(10-12-20)22-16-5-3-2-4-6-16/h2-8,13,17,22H,9-12,14H2,1H3. The van der Waals surface area contributed by atoms with Crippen LogP contribution < -0.4 is 10.2 Å². The van der Waals surface area contributed by atoms with Gasteiger partial charge in [0.05, 0.1) is 0 Å². The number of halogens is 1. The Morgan fingerprint density at radius 1 is 1.09 bits per heavy atom. The van der Waals surface area contributed by atoms with Gasteiger partial charge in [-0.15, -0.1) is 0 Å². The van der Waals surface area contributed by atoms with Crippen LogP contribution >= 0.6 is 0 Å². The molecule has 4 rings (SSSR count). The van der Waals surface area contributed by atoms with Gasteiger partial charge in [-0.3, -0.25) is 0 Å². The third-order valence-electron chi connectivity index (χ3n) is 5.57. The molecule has 2 aliphatic rings. The Kier molecular flexibility index (Phi) is 3.51. The van der Waals surface area contributed by atoms with Crippen LogP contribution in [-0.4, -0.2) is 19.6 Å². The van der Waals surface area contributed by atoms with Gasteiger partial charge in [0.2, 0.25) is 0 Å². The van der Waals surface area contributed by atoms with Crippen molar-refractivity contribution in [1.29, 1.82) is 0 Å². The number of likely N-dealkylation sites (N-methyl/N-ethyl adjacent to an activating group) is 1. The number of nitrogens with zero attached hydrogens (tertiary/aromatic N) is 1. The van der Waals surface area contributed by atoms with Crippen LogP contribution in [0.4, 0.5) is 15.8 Å². The molecule has 2 aromatic carbocycles. The molecular weight excluding hydrogens is 287 g/mol. The van der Waals surface area contributed by atoms with Crippen LogP contribution in [0.3, 0.4) is 0 Å². The maximum atomic E-state index is 13.6. The zero-order chi connectivity index (χ0) is 15.9. The van der Waals surface area contributed by atoms with Crippen LogP contribution in [0.1, 0.15) is 31.2 Å². The van der Waals surface area contributed by atoms with E-state index in [1.807, 2.05) is 12.1 Å². The van der Waals surface area contributed by atoms with Crippen molar-refractivity contribution in [2.45, 2.75) is 37.1 Å². The quantitative estimate of drug-likeness (QED) is 0.874. The highest BCUT2D eigenvalue weighted by Gasteiger charge is 2.43. The smallest absolute Gasteiger partial charge is 0.125 e. The monoisotopic (exact) mass is 310 g/mol. The zero-order valence-corrected chi connectivity index (χ0v) is 13.6. The second-order valence-corrected chi connectivity index (χ2v) is 7.08. The van der Waals surface area contributed by atoms with Crippen molar-refractivity contribution in [2.75, 3.05) is 23.8 Å². The van der Waals surface area contributed by atoms with Crippen molar-refractivity contribution in [3.8, 4) is 0 Å². The van der Waals surface area contributed by atoms with Gasteiger partial charge in [-0.25, -0.2) is 4.39 Å². The second-order valence-electron chi connectivity index (χ2n) is 7.08. The van der Waals surface area contributed by atoms with Crippen molar-refractivity contribution in [3.05, 3.63) is 59.9 Å². The summed E-state index contributed by atoms with van der Waals surface area (Å²) in [6.45, 7) is 1.02. The maximum absolute atomic E-state index is 13.6. The first-order valence-electron chi connectivity index (χ1n) is 8.49. The number of fused-ring (bicyclic) bond motifs is 2. The van der Waals surface area contributed by atoms with Crippen LogP contribution in [0.2, 0.25) is 0 Å². The summed E-state index contributed by atoms with van der Waals surface area (Å²) in [5, 5.41) is 3.66. The van der Waals surface area contributed by atoms with Crippen LogP contribution in [0.25, 0.3) is 0 Å². The highest BCUT2D eigenvalue weighted by Crippen LogP contribution is 2.49. The fourth-order valence-corrected chi connectivity index (χ4v) is 4.41. The van der Waals surface area contributed by atoms with Crippen LogP contribution in [0, 0.1) is 5.82 Å². The Bertz CT molecular complexity index is 690. The summed E-state index contributed by atoms with van der Waals surface area (Å²) in [6.07, 6.45) is 4.67. The van der Waals surface area contributed by atoms with E-state index in [2.05, 4.69) is 41.5 Å². The molecule has 1 fully saturated rings.